The van der Waals surface area contributed by atoms with E-state index in [2.05, 4.69) is 23.9 Å². The number of hydrogen-bond acceptors (Lipinski definition) is 3. The molecular weight excluding hydrogens is 152 g/mol. The van der Waals surface area contributed by atoms with Gasteiger partial charge in [0.2, 0.25) is 0 Å². The smallest absolute Gasteiger partial charge is 0.117 e. The number of rotatable bonds is 5. The highest BCUT2D eigenvalue weighted by molar-refractivity contribution is 4.89. The van der Waals surface area contributed by atoms with E-state index in [1.165, 1.54) is 19.3 Å². The molecular formula is C9H18N2O. The average molecular weight is 170 g/mol. The van der Waals surface area contributed by atoms with Crippen LogP contribution in [-0.2, 0) is 0 Å². The number of nitroso groups, excluding NO2 is 1. The molecule has 3 nitrogen and oxygen atoms in total. The summed E-state index contributed by atoms with van der Waals surface area (Å²) in [5.41, 5.74) is 0. The van der Waals surface area contributed by atoms with Crippen molar-refractivity contribution in [2.24, 2.45) is 5.18 Å². The van der Waals surface area contributed by atoms with Crippen molar-refractivity contribution in [3.63, 3.8) is 0 Å². The zero-order chi connectivity index (χ0) is 8.97. The zero-order valence-corrected chi connectivity index (χ0v) is 7.99. The van der Waals surface area contributed by atoms with Gasteiger partial charge in [0, 0.05) is 19.1 Å². The standard InChI is InChI=1S/C9H18N2O/c1-3-5-9(4-2)11-6-8(7-11)10-12/h8-9H,3-7H2,1-2H3. The summed E-state index contributed by atoms with van der Waals surface area (Å²) in [7, 11) is 0. The fraction of sp³-hybridized carbons (Fsp3) is 1.00. The molecule has 12 heavy (non-hydrogen) atoms. The van der Waals surface area contributed by atoms with E-state index in [-0.39, 0.29) is 6.04 Å². The molecule has 70 valence electrons. The molecule has 0 amide bonds. The Kier molecular flexibility index (Phi) is 3.66. The summed E-state index contributed by atoms with van der Waals surface area (Å²) in [6, 6.07) is 0.768. The van der Waals surface area contributed by atoms with Gasteiger partial charge in [-0.05, 0) is 12.8 Å². The Labute approximate surface area is 74.1 Å². The highest BCUT2D eigenvalue weighted by Crippen LogP contribution is 2.19. The van der Waals surface area contributed by atoms with Gasteiger partial charge in [0.15, 0.2) is 0 Å². The van der Waals surface area contributed by atoms with Crippen LogP contribution in [0.3, 0.4) is 0 Å². The first-order valence-electron chi connectivity index (χ1n) is 4.88. The Hall–Kier alpha value is -0.440. The van der Waals surface area contributed by atoms with Gasteiger partial charge in [-0.15, -0.1) is 0 Å². The molecule has 0 bridgehead atoms. The SMILES string of the molecule is CCCC(CC)N1CC(N=O)C1. The van der Waals surface area contributed by atoms with Crippen molar-refractivity contribution in [3.8, 4) is 0 Å². The molecule has 0 aromatic heterocycles. The van der Waals surface area contributed by atoms with E-state index in [0.717, 1.165) is 13.1 Å². The Bertz CT molecular complexity index is 143. The minimum absolute atomic E-state index is 0.0795. The summed E-state index contributed by atoms with van der Waals surface area (Å²) in [6.07, 6.45) is 3.68. The summed E-state index contributed by atoms with van der Waals surface area (Å²) in [6.45, 7) is 6.20. The Morgan fingerprint density at radius 3 is 2.58 bits per heavy atom. The molecule has 1 atom stereocenters. The fourth-order valence-electron chi connectivity index (χ4n) is 1.83. The lowest BCUT2D eigenvalue weighted by molar-refractivity contribution is 0.0859. The van der Waals surface area contributed by atoms with Crippen molar-refractivity contribution in [1.82, 2.24) is 4.90 Å². The highest BCUT2D eigenvalue weighted by Gasteiger charge is 2.31. The molecule has 0 N–H and O–H groups in total. The number of nitrogens with zero attached hydrogens (tertiary/aromatic N) is 2. The van der Waals surface area contributed by atoms with E-state index in [1.54, 1.807) is 0 Å². The molecule has 0 saturated carbocycles. The molecule has 1 aliphatic rings. The van der Waals surface area contributed by atoms with E-state index >= 15 is 0 Å². The van der Waals surface area contributed by atoms with Gasteiger partial charge in [-0.25, -0.2) is 0 Å². The number of likely N-dealkylation sites (tertiary alicyclic amines) is 1. The molecule has 0 aromatic rings. The molecule has 1 saturated heterocycles. The maximum atomic E-state index is 10.1. The van der Waals surface area contributed by atoms with Crippen molar-refractivity contribution in [3.05, 3.63) is 4.91 Å². The minimum atomic E-state index is 0.0795. The van der Waals surface area contributed by atoms with Gasteiger partial charge in [0.05, 0.1) is 0 Å². The fourth-order valence-corrected chi connectivity index (χ4v) is 1.83. The van der Waals surface area contributed by atoms with Crippen LogP contribution in [0, 0.1) is 4.91 Å². The summed E-state index contributed by atoms with van der Waals surface area (Å²) in [4.78, 5) is 12.5. The number of hydrogen-bond donors (Lipinski definition) is 0. The van der Waals surface area contributed by atoms with Crippen molar-refractivity contribution < 1.29 is 0 Å². The van der Waals surface area contributed by atoms with E-state index in [1.807, 2.05) is 0 Å². The molecule has 0 aliphatic carbocycles. The molecule has 1 rings (SSSR count). The lowest BCUT2D eigenvalue weighted by Crippen LogP contribution is -2.54. The lowest BCUT2D eigenvalue weighted by atomic mass is 10.0. The minimum Gasteiger partial charge on any atom is -0.296 e. The Balaban J connectivity index is 2.23. The van der Waals surface area contributed by atoms with Crippen molar-refractivity contribution in [1.29, 1.82) is 0 Å². The van der Waals surface area contributed by atoms with E-state index in [9.17, 15) is 4.91 Å². The lowest BCUT2D eigenvalue weighted by Gasteiger charge is -2.40. The van der Waals surface area contributed by atoms with Crippen LogP contribution in [0.4, 0.5) is 0 Å². The van der Waals surface area contributed by atoms with Crippen LogP contribution in [0.1, 0.15) is 33.1 Å². The maximum absolute atomic E-state index is 10.1. The topological polar surface area (TPSA) is 32.7 Å². The van der Waals surface area contributed by atoms with Gasteiger partial charge in [0.1, 0.15) is 6.04 Å². The van der Waals surface area contributed by atoms with Crippen LogP contribution in [0.2, 0.25) is 0 Å². The van der Waals surface area contributed by atoms with Crippen molar-refractivity contribution >= 4 is 0 Å². The molecule has 0 aromatic carbocycles. The van der Waals surface area contributed by atoms with E-state index < -0.39 is 0 Å². The average Bonchev–Trinajstić information content (AvgIpc) is 2.01. The van der Waals surface area contributed by atoms with Crippen LogP contribution in [-0.4, -0.2) is 30.1 Å². The van der Waals surface area contributed by atoms with Crippen molar-refractivity contribution in [2.45, 2.75) is 45.2 Å². The van der Waals surface area contributed by atoms with Crippen LogP contribution < -0.4 is 0 Å². The second kappa shape index (κ2) is 4.55. The van der Waals surface area contributed by atoms with Crippen LogP contribution in [0.25, 0.3) is 0 Å². The van der Waals surface area contributed by atoms with E-state index in [4.69, 9.17) is 0 Å². The molecule has 0 spiro atoms. The van der Waals surface area contributed by atoms with Gasteiger partial charge < -0.3 is 0 Å². The summed E-state index contributed by atoms with van der Waals surface area (Å²) < 4.78 is 0. The van der Waals surface area contributed by atoms with Gasteiger partial charge >= 0.3 is 0 Å². The zero-order valence-electron chi connectivity index (χ0n) is 7.99. The van der Waals surface area contributed by atoms with Gasteiger partial charge in [0.25, 0.3) is 0 Å². The molecule has 1 unspecified atom stereocenters. The first-order valence-corrected chi connectivity index (χ1v) is 4.88. The molecule has 0 radical (unpaired) electrons. The first-order chi connectivity index (χ1) is 5.81. The van der Waals surface area contributed by atoms with Crippen LogP contribution >= 0.6 is 0 Å². The van der Waals surface area contributed by atoms with Crippen molar-refractivity contribution in [2.75, 3.05) is 13.1 Å². The first kappa shape index (κ1) is 9.65. The third-order valence-corrected chi connectivity index (χ3v) is 2.65. The van der Waals surface area contributed by atoms with Gasteiger partial charge in [-0.2, -0.15) is 4.91 Å². The molecule has 1 aliphatic heterocycles. The van der Waals surface area contributed by atoms with Gasteiger partial charge in [-0.1, -0.05) is 25.4 Å². The predicted octanol–water partition coefficient (Wildman–Crippen LogP) is 2.02. The third kappa shape index (κ3) is 2.03. The highest BCUT2D eigenvalue weighted by atomic mass is 16.3. The Morgan fingerprint density at radius 1 is 1.50 bits per heavy atom. The predicted molar refractivity (Wildman–Crippen MR) is 50.1 cm³/mol. The Morgan fingerprint density at radius 2 is 2.17 bits per heavy atom. The molecule has 1 heterocycles. The normalized spacial score (nSPS) is 21.8. The quantitative estimate of drug-likeness (QED) is 0.591. The third-order valence-electron chi connectivity index (χ3n) is 2.65. The maximum Gasteiger partial charge on any atom is 0.117 e. The summed E-state index contributed by atoms with van der Waals surface area (Å²) in [5, 5.41) is 3.03. The second-order valence-corrected chi connectivity index (χ2v) is 3.56. The molecule has 3 heteroatoms. The summed E-state index contributed by atoms with van der Waals surface area (Å²) >= 11 is 0. The van der Waals surface area contributed by atoms with Crippen LogP contribution in [0.5, 0.6) is 0 Å². The van der Waals surface area contributed by atoms with Crippen LogP contribution in [0.15, 0.2) is 5.18 Å². The van der Waals surface area contributed by atoms with Gasteiger partial charge in [-0.3, -0.25) is 4.90 Å². The largest absolute Gasteiger partial charge is 0.296 e. The molecule has 1 fully saturated rings. The monoisotopic (exact) mass is 170 g/mol. The second-order valence-electron chi connectivity index (χ2n) is 3.56. The summed E-state index contributed by atoms with van der Waals surface area (Å²) in [5.74, 6) is 0. The van der Waals surface area contributed by atoms with E-state index in [0.29, 0.717) is 6.04 Å².